The standard InChI is InChI=1S/C28H24N6O/c1-18-9-5-8-14-23(18)34-21(15-20-12-6-7-13-22(20)28(34)35)16-31-27-24(26(30)32-17-33-27)25(29)19-10-3-2-4-11-19/h2-15,17,29H,16H2,1H3,(H3,30,31,32,33). The second-order valence-electron chi connectivity index (χ2n) is 8.23. The predicted octanol–water partition coefficient (Wildman–Crippen LogP) is 4.70. The van der Waals surface area contributed by atoms with Crippen molar-refractivity contribution < 1.29 is 0 Å². The molecule has 3 aromatic carbocycles. The van der Waals surface area contributed by atoms with Crippen LogP contribution in [0.3, 0.4) is 0 Å². The van der Waals surface area contributed by atoms with Crippen molar-refractivity contribution >= 4 is 28.1 Å². The van der Waals surface area contributed by atoms with Crippen LogP contribution in [0.1, 0.15) is 22.4 Å². The number of aryl methyl sites for hydroxylation is 1. The minimum Gasteiger partial charge on any atom is -0.383 e. The van der Waals surface area contributed by atoms with Gasteiger partial charge in [-0.2, -0.15) is 0 Å². The fraction of sp³-hybridized carbons (Fsp3) is 0.0714. The highest BCUT2D eigenvalue weighted by Gasteiger charge is 2.18. The maximum atomic E-state index is 13.6. The first kappa shape index (κ1) is 22.0. The van der Waals surface area contributed by atoms with E-state index in [0.717, 1.165) is 22.3 Å². The number of fused-ring (bicyclic) bond motifs is 1. The molecular weight excluding hydrogens is 436 g/mol. The molecule has 4 N–H and O–H groups in total. The van der Waals surface area contributed by atoms with E-state index in [1.165, 1.54) is 6.33 Å². The predicted molar refractivity (Wildman–Crippen MR) is 140 cm³/mol. The average Bonchev–Trinajstić information content (AvgIpc) is 2.88. The molecule has 2 aromatic heterocycles. The Kier molecular flexibility index (Phi) is 5.81. The quantitative estimate of drug-likeness (QED) is 0.318. The molecular formula is C28H24N6O. The van der Waals surface area contributed by atoms with Crippen LogP contribution in [0.25, 0.3) is 16.5 Å². The lowest BCUT2D eigenvalue weighted by molar-refractivity contribution is 0.883. The van der Waals surface area contributed by atoms with Crippen LogP contribution < -0.4 is 16.6 Å². The topological polar surface area (TPSA) is 110 Å². The van der Waals surface area contributed by atoms with Gasteiger partial charge in [-0.05, 0) is 36.1 Å². The largest absolute Gasteiger partial charge is 0.383 e. The van der Waals surface area contributed by atoms with Crippen molar-refractivity contribution in [3.8, 4) is 5.69 Å². The Balaban J connectivity index is 1.60. The van der Waals surface area contributed by atoms with Crippen LogP contribution in [0.4, 0.5) is 11.6 Å². The number of benzene rings is 3. The van der Waals surface area contributed by atoms with Gasteiger partial charge in [-0.15, -0.1) is 0 Å². The van der Waals surface area contributed by atoms with Gasteiger partial charge in [-0.1, -0.05) is 66.7 Å². The molecule has 0 saturated carbocycles. The first-order chi connectivity index (χ1) is 17.0. The molecule has 0 aliphatic carbocycles. The number of nitrogens with one attached hydrogen (secondary N) is 2. The summed E-state index contributed by atoms with van der Waals surface area (Å²) >= 11 is 0. The number of aromatic nitrogens is 3. The molecule has 5 aromatic rings. The summed E-state index contributed by atoms with van der Waals surface area (Å²) in [7, 11) is 0. The molecule has 0 bridgehead atoms. The first-order valence-electron chi connectivity index (χ1n) is 11.2. The zero-order chi connectivity index (χ0) is 24.4. The normalized spacial score (nSPS) is 10.9. The Bertz CT molecular complexity index is 1610. The van der Waals surface area contributed by atoms with Crippen LogP contribution in [0, 0.1) is 12.3 Å². The van der Waals surface area contributed by atoms with Crippen LogP contribution in [0.15, 0.2) is 96.1 Å². The molecule has 7 nitrogen and oxygen atoms in total. The van der Waals surface area contributed by atoms with Crippen molar-refractivity contribution in [2.24, 2.45) is 0 Å². The maximum absolute atomic E-state index is 13.6. The molecule has 172 valence electrons. The number of nitrogen functional groups attached to an aromatic ring is 1. The van der Waals surface area contributed by atoms with E-state index in [-0.39, 0.29) is 17.1 Å². The van der Waals surface area contributed by atoms with Crippen molar-refractivity contribution in [3.63, 3.8) is 0 Å². The van der Waals surface area contributed by atoms with Crippen molar-refractivity contribution in [2.75, 3.05) is 11.1 Å². The van der Waals surface area contributed by atoms with E-state index < -0.39 is 0 Å². The van der Waals surface area contributed by atoms with E-state index in [0.29, 0.717) is 28.9 Å². The summed E-state index contributed by atoms with van der Waals surface area (Å²) in [5.41, 5.74) is 10.0. The Labute approximate surface area is 202 Å². The Morgan fingerprint density at radius 1 is 0.971 bits per heavy atom. The molecule has 0 fully saturated rings. The summed E-state index contributed by atoms with van der Waals surface area (Å²) in [5.74, 6) is 0.648. The molecule has 0 spiro atoms. The molecule has 0 aliphatic rings. The highest BCUT2D eigenvalue weighted by atomic mass is 16.1. The molecule has 35 heavy (non-hydrogen) atoms. The van der Waals surface area contributed by atoms with E-state index in [2.05, 4.69) is 15.3 Å². The molecule has 0 amide bonds. The van der Waals surface area contributed by atoms with Crippen molar-refractivity contribution in [1.82, 2.24) is 14.5 Å². The Hall–Kier alpha value is -4.78. The second kappa shape index (κ2) is 9.23. The fourth-order valence-electron chi connectivity index (χ4n) is 4.22. The highest BCUT2D eigenvalue weighted by Crippen LogP contribution is 2.24. The van der Waals surface area contributed by atoms with Gasteiger partial charge in [0.2, 0.25) is 0 Å². The van der Waals surface area contributed by atoms with E-state index in [4.69, 9.17) is 11.1 Å². The number of hydrogen-bond acceptors (Lipinski definition) is 6. The minimum atomic E-state index is -0.0892. The minimum absolute atomic E-state index is 0.0892. The third kappa shape index (κ3) is 4.15. The third-order valence-electron chi connectivity index (χ3n) is 5.99. The number of nitrogens with zero attached hydrogens (tertiary/aromatic N) is 3. The van der Waals surface area contributed by atoms with Crippen molar-refractivity contribution in [1.29, 1.82) is 5.41 Å². The molecule has 2 heterocycles. The Morgan fingerprint density at radius 2 is 1.69 bits per heavy atom. The number of hydrogen-bond donors (Lipinski definition) is 3. The molecule has 5 rings (SSSR count). The van der Waals surface area contributed by atoms with Gasteiger partial charge >= 0.3 is 0 Å². The van der Waals surface area contributed by atoms with Crippen LogP contribution in [-0.4, -0.2) is 20.2 Å². The van der Waals surface area contributed by atoms with Crippen LogP contribution in [0.5, 0.6) is 0 Å². The smallest absolute Gasteiger partial charge is 0.263 e. The number of rotatable bonds is 6. The number of para-hydroxylation sites is 1. The lowest BCUT2D eigenvalue weighted by Gasteiger charge is -2.18. The molecule has 0 atom stereocenters. The fourth-order valence-corrected chi connectivity index (χ4v) is 4.22. The zero-order valence-corrected chi connectivity index (χ0v) is 19.2. The summed E-state index contributed by atoms with van der Waals surface area (Å²) in [5, 5.41) is 13.5. The summed E-state index contributed by atoms with van der Waals surface area (Å²) in [4.78, 5) is 22.1. The van der Waals surface area contributed by atoms with Crippen LogP contribution >= 0.6 is 0 Å². The highest BCUT2D eigenvalue weighted by molar-refractivity contribution is 6.16. The lowest BCUT2D eigenvalue weighted by atomic mass is 10.0. The average molecular weight is 461 g/mol. The molecule has 0 radical (unpaired) electrons. The van der Waals surface area contributed by atoms with Crippen molar-refractivity contribution in [3.05, 3.63) is 124 Å². The van der Waals surface area contributed by atoms with Gasteiger partial charge in [0.1, 0.15) is 18.0 Å². The van der Waals surface area contributed by atoms with Gasteiger partial charge in [-0.3, -0.25) is 14.8 Å². The molecule has 0 saturated heterocycles. The monoisotopic (exact) mass is 460 g/mol. The van der Waals surface area contributed by atoms with E-state index in [9.17, 15) is 4.79 Å². The summed E-state index contributed by atoms with van der Waals surface area (Å²) in [6, 6.07) is 26.7. The summed E-state index contributed by atoms with van der Waals surface area (Å²) in [6.45, 7) is 2.28. The van der Waals surface area contributed by atoms with E-state index in [1.54, 1.807) is 4.57 Å². The number of pyridine rings is 1. The molecule has 7 heteroatoms. The van der Waals surface area contributed by atoms with Gasteiger partial charge in [0.05, 0.1) is 23.5 Å². The van der Waals surface area contributed by atoms with E-state index in [1.807, 2.05) is 91.9 Å². The van der Waals surface area contributed by atoms with Crippen LogP contribution in [0.2, 0.25) is 0 Å². The third-order valence-corrected chi connectivity index (χ3v) is 5.99. The van der Waals surface area contributed by atoms with Gasteiger partial charge in [-0.25, -0.2) is 9.97 Å². The maximum Gasteiger partial charge on any atom is 0.263 e. The molecule has 0 aliphatic heterocycles. The van der Waals surface area contributed by atoms with Gasteiger partial charge < -0.3 is 11.1 Å². The molecule has 0 unspecified atom stereocenters. The van der Waals surface area contributed by atoms with Gasteiger partial charge in [0.25, 0.3) is 5.56 Å². The van der Waals surface area contributed by atoms with Crippen LogP contribution in [-0.2, 0) is 6.54 Å². The number of anilines is 2. The Morgan fingerprint density at radius 3 is 2.49 bits per heavy atom. The second-order valence-corrected chi connectivity index (χ2v) is 8.23. The van der Waals surface area contributed by atoms with E-state index >= 15 is 0 Å². The summed E-state index contributed by atoms with van der Waals surface area (Å²) in [6.07, 6.45) is 1.37. The lowest BCUT2D eigenvalue weighted by Crippen LogP contribution is -2.24. The first-order valence-corrected chi connectivity index (χ1v) is 11.2. The van der Waals surface area contributed by atoms with Gasteiger partial charge in [0.15, 0.2) is 0 Å². The van der Waals surface area contributed by atoms with Crippen molar-refractivity contribution in [2.45, 2.75) is 13.5 Å². The van der Waals surface area contributed by atoms with Gasteiger partial charge in [0, 0.05) is 16.6 Å². The number of nitrogens with two attached hydrogens (primary N) is 1. The SMILES string of the molecule is Cc1ccccc1-n1c(CNc2ncnc(N)c2C(=N)c2ccccc2)cc2ccccc2c1=O. The zero-order valence-electron chi connectivity index (χ0n) is 19.2. The summed E-state index contributed by atoms with van der Waals surface area (Å²) < 4.78 is 1.73.